The summed E-state index contributed by atoms with van der Waals surface area (Å²) >= 11 is 0. The molecular weight excluding hydrogens is 414 g/mol. The molecule has 0 aliphatic rings. The Balaban J connectivity index is 1.34. The maximum Gasteiger partial charge on any atom is 0.257 e. The minimum Gasteiger partial charge on any atom is -0.492 e. The first-order chi connectivity index (χ1) is 16.1. The Labute approximate surface area is 194 Å². The number of amides is 1. The van der Waals surface area contributed by atoms with E-state index in [1.54, 1.807) is 0 Å². The number of benzene rings is 3. The predicted octanol–water partition coefficient (Wildman–Crippen LogP) is 4.47. The fourth-order valence-corrected chi connectivity index (χ4v) is 3.65. The number of fused-ring (bicyclic) bond motifs is 1. The molecule has 0 saturated carbocycles. The van der Waals surface area contributed by atoms with Gasteiger partial charge in [-0.05, 0) is 61.4 Å². The van der Waals surface area contributed by atoms with Crippen LogP contribution in [0.3, 0.4) is 0 Å². The van der Waals surface area contributed by atoms with Crippen molar-refractivity contribution in [3.05, 3.63) is 89.7 Å². The molecule has 0 bridgehead atoms. The molecule has 1 N–H and O–H groups in total. The summed E-state index contributed by atoms with van der Waals surface area (Å²) < 4.78 is 13.7. The number of carbonyl (C=O) groups excluding carboxylic acids is 1. The summed E-state index contributed by atoms with van der Waals surface area (Å²) in [5.41, 5.74) is 4.47. The molecule has 0 atom stereocenters. The summed E-state index contributed by atoms with van der Waals surface area (Å²) in [6, 6.07) is 23.5. The van der Waals surface area contributed by atoms with Crippen molar-refractivity contribution in [1.29, 1.82) is 0 Å². The Kier molecular flexibility index (Phi) is 7.25. The highest BCUT2D eigenvalue weighted by atomic mass is 16.5. The zero-order chi connectivity index (χ0) is 23.0. The number of ether oxygens (including phenoxy) is 2. The second-order valence-corrected chi connectivity index (χ2v) is 7.96. The number of nitrogens with zero attached hydrogens (tertiary/aromatic N) is 2. The average molecular weight is 444 g/mol. The molecule has 1 aromatic heterocycles. The normalized spacial score (nSPS) is 10.8. The number of carbonyl (C=O) groups is 1. The summed E-state index contributed by atoms with van der Waals surface area (Å²) in [6.45, 7) is 5.86. The van der Waals surface area contributed by atoms with Gasteiger partial charge < -0.3 is 19.4 Å². The topological polar surface area (TPSA) is 65.4 Å². The number of aromatic nitrogens is 2. The Morgan fingerprint density at radius 2 is 1.70 bits per heavy atom. The van der Waals surface area contributed by atoms with Crippen molar-refractivity contribution in [2.45, 2.75) is 26.8 Å². The monoisotopic (exact) mass is 443 g/mol. The van der Waals surface area contributed by atoms with E-state index in [4.69, 9.17) is 14.5 Å². The summed E-state index contributed by atoms with van der Waals surface area (Å²) in [6.07, 6.45) is 0.620. The van der Waals surface area contributed by atoms with Crippen molar-refractivity contribution < 1.29 is 14.3 Å². The molecule has 6 heteroatoms. The van der Waals surface area contributed by atoms with Gasteiger partial charge in [-0.1, -0.05) is 36.4 Å². The highest BCUT2D eigenvalue weighted by Gasteiger charge is 2.11. The molecule has 0 radical (unpaired) electrons. The second-order valence-electron chi connectivity index (χ2n) is 7.96. The quantitative estimate of drug-likeness (QED) is 0.393. The van der Waals surface area contributed by atoms with E-state index in [1.165, 1.54) is 11.1 Å². The van der Waals surface area contributed by atoms with Gasteiger partial charge in [0.1, 0.15) is 23.9 Å². The fraction of sp³-hybridized carbons (Fsp3) is 0.259. The number of imidazole rings is 1. The third-order valence-corrected chi connectivity index (χ3v) is 5.58. The lowest BCUT2D eigenvalue weighted by atomic mass is 10.1. The Hall–Kier alpha value is -3.80. The lowest BCUT2D eigenvalue weighted by Crippen LogP contribution is -2.31. The number of aryl methyl sites for hydroxylation is 2. The molecule has 0 aliphatic carbocycles. The first kappa shape index (κ1) is 22.4. The summed E-state index contributed by atoms with van der Waals surface area (Å²) in [5, 5.41) is 2.92. The minimum absolute atomic E-state index is 0.00969. The van der Waals surface area contributed by atoms with Crippen LogP contribution in [0.1, 0.15) is 17.0 Å². The summed E-state index contributed by atoms with van der Waals surface area (Å²) in [5.74, 6) is 2.32. The highest BCUT2D eigenvalue weighted by molar-refractivity contribution is 5.77. The molecular formula is C27H29N3O3. The highest BCUT2D eigenvalue weighted by Crippen LogP contribution is 2.19. The van der Waals surface area contributed by atoms with Gasteiger partial charge in [-0.2, -0.15) is 0 Å². The van der Waals surface area contributed by atoms with E-state index in [0.29, 0.717) is 31.9 Å². The van der Waals surface area contributed by atoms with Crippen LogP contribution < -0.4 is 14.8 Å². The van der Waals surface area contributed by atoms with E-state index in [0.717, 1.165) is 22.6 Å². The third-order valence-electron chi connectivity index (χ3n) is 5.58. The van der Waals surface area contributed by atoms with Crippen molar-refractivity contribution in [3.63, 3.8) is 0 Å². The van der Waals surface area contributed by atoms with Gasteiger partial charge in [-0.3, -0.25) is 4.79 Å². The molecule has 4 rings (SSSR count). The molecule has 4 aromatic rings. The molecule has 33 heavy (non-hydrogen) atoms. The van der Waals surface area contributed by atoms with E-state index >= 15 is 0 Å². The average Bonchev–Trinajstić information content (AvgIpc) is 3.18. The number of nitrogens with one attached hydrogen (secondary N) is 1. The summed E-state index contributed by atoms with van der Waals surface area (Å²) in [7, 11) is 0. The third kappa shape index (κ3) is 5.92. The molecule has 0 fully saturated rings. The van der Waals surface area contributed by atoms with Crippen molar-refractivity contribution in [1.82, 2.24) is 14.9 Å². The van der Waals surface area contributed by atoms with E-state index in [9.17, 15) is 4.79 Å². The smallest absolute Gasteiger partial charge is 0.257 e. The van der Waals surface area contributed by atoms with Crippen LogP contribution in [0.4, 0.5) is 0 Å². The van der Waals surface area contributed by atoms with Gasteiger partial charge in [-0.25, -0.2) is 4.98 Å². The Morgan fingerprint density at radius 1 is 0.909 bits per heavy atom. The first-order valence-corrected chi connectivity index (χ1v) is 11.2. The van der Waals surface area contributed by atoms with Crippen LogP contribution in [0.15, 0.2) is 72.8 Å². The molecule has 3 aromatic carbocycles. The van der Waals surface area contributed by atoms with Gasteiger partial charge in [0.2, 0.25) is 0 Å². The van der Waals surface area contributed by atoms with Crippen molar-refractivity contribution in [3.8, 4) is 11.5 Å². The van der Waals surface area contributed by atoms with Crippen molar-refractivity contribution >= 4 is 16.9 Å². The van der Waals surface area contributed by atoms with Crippen molar-refractivity contribution in [2.75, 3.05) is 19.8 Å². The lowest BCUT2D eigenvalue weighted by molar-refractivity contribution is -0.123. The van der Waals surface area contributed by atoms with Crippen LogP contribution in [0.25, 0.3) is 11.0 Å². The number of rotatable bonds is 10. The van der Waals surface area contributed by atoms with Crippen LogP contribution in [0.2, 0.25) is 0 Å². The second kappa shape index (κ2) is 10.7. The molecule has 0 saturated heterocycles. The fourth-order valence-electron chi connectivity index (χ4n) is 3.65. The van der Waals surface area contributed by atoms with Gasteiger partial charge in [0.15, 0.2) is 6.61 Å². The number of hydrogen-bond donors (Lipinski definition) is 1. The Morgan fingerprint density at radius 3 is 2.52 bits per heavy atom. The minimum atomic E-state index is -0.153. The van der Waals surface area contributed by atoms with E-state index in [1.807, 2.05) is 54.6 Å². The molecule has 1 heterocycles. The molecule has 6 nitrogen and oxygen atoms in total. The van der Waals surface area contributed by atoms with E-state index < -0.39 is 0 Å². The van der Waals surface area contributed by atoms with Crippen LogP contribution in [0, 0.1) is 13.8 Å². The van der Waals surface area contributed by atoms with Crippen LogP contribution in [0.5, 0.6) is 11.5 Å². The van der Waals surface area contributed by atoms with Gasteiger partial charge in [0.05, 0.1) is 17.6 Å². The van der Waals surface area contributed by atoms with Crippen LogP contribution in [-0.4, -0.2) is 35.2 Å². The van der Waals surface area contributed by atoms with E-state index in [2.05, 4.69) is 41.9 Å². The van der Waals surface area contributed by atoms with Gasteiger partial charge in [0.25, 0.3) is 5.91 Å². The zero-order valence-electron chi connectivity index (χ0n) is 19.1. The summed E-state index contributed by atoms with van der Waals surface area (Å²) in [4.78, 5) is 16.9. The lowest BCUT2D eigenvalue weighted by Gasteiger charge is -2.12. The van der Waals surface area contributed by atoms with E-state index in [-0.39, 0.29) is 12.5 Å². The maximum atomic E-state index is 12.2. The molecule has 0 spiro atoms. The van der Waals surface area contributed by atoms with Gasteiger partial charge in [0, 0.05) is 13.0 Å². The number of para-hydroxylation sites is 3. The molecule has 170 valence electrons. The predicted molar refractivity (Wildman–Crippen MR) is 130 cm³/mol. The van der Waals surface area contributed by atoms with Crippen molar-refractivity contribution in [2.24, 2.45) is 0 Å². The SMILES string of the molecule is Cc1ccc(OCCn2c(CCNC(=O)COc3ccccc3)nc3ccccc32)cc1C. The van der Waals surface area contributed by atoms with Gasteiger partial charge in [-0.15, -0.1) is 0 Å². The first-order valence-electron chi connectivity index (χ1n) is 11.2. The standard InChI is InChI=1S/C27H29N3O3/c1-20-12-13-23(18-21(20)2)32-17-16-30-25-11-7-6-10-24(25)29-26(30)14-15-28-27(31)19-33-22-8-4-3-5-9-22/h3-13,18H,14-17,19H2,1-2H3,(H,28,31). The molecule has 0 aliphatic heterocycles. The largest absolute Gasteiger partial charge is 0.492 e. The Bertz CT molecular complexity index is 1220. The molecule has 1 amide bonds. The molecule has 0 unspecified atom stereocenters. The van der Waals surface area contributed by atoms with Gasteiger partial charge >= 0.3 is 0 Å². The maximum absolute atomic E-state index is 12.2. The number of hydrogen-bond acceptors (Lipinski definition) is 4. The van der Waals surface area contributed by atoms with Crippen LogP contribution >= 0.6 is 0 Å². The zero-order valence-corrected chi connectivity index (χ0v) is 19.1. The van der Waals surface area contributed by atoms with Crippen LogP contribution in [-0.2, 0) is 17.8 Å².